The highest BCUT2D eigenvalue weighted by Gasteiger charge is 2.53. The number of likely N-dealkylation sites (tertiary alicyclic amines) is 1. The number of primary amides is 1. The molecule has 28 heavy (non-hydrogen) atoms. The Hall–Kier alpha value is -2.77. The number of amides is 3. The van der Waals surface area contributed by atoms with Crippen LogP contribution in [0.2, 0.25) is 0 Å². The van der Waals surface area contributed by atoms with Crippen molar-refractivity contribution in [1.29, 1.82) is 0 Å². The maximum Gasteiger partial charge on any atom is 0.410 e. The third-order valence-electron chi connectivity index (χ3n) is 5.32. The summed E-state index contributed by atoms with van der Waals surface area (Å²) in [6.07, 6.45) is 0.693. The van der Waals surface area contributed by atoms with E-state index in [0.717, 1.165) is 5.69 Å². The Morgan fingerprint density at radius 1 is 1.11 bits per heavy atom. The van der Waals surface area contributed by atoms with Crippen LogP contribution in [0, 0.1) is 0 Å². The molecule has 1 aromatic rings. The minimum absolute atomic E-state index is 0.0512. The molecule has 0 saturated carbocycles. The van der Waals surface area contributed by atoms with E-state index in [2.05, 4.69) is 4.90 Å². The second kappa shape index (κ2) is 7.00. The van der Waals surface area contributed by atoms with Gasteiger partial charge in [0.15, 0.2) is 0 Å². The first-order valence-electron chi connectivity index (χ1n) is 9.44. The highest BCUT2D eigenvalue weighted by atomic mass is 16.6. The number of nitrogens with two attached hydrogens (primary N) is 1. The molecule has 0 atom stereocenters. The minimum atomic E-state index is -0.693. The van der Waals surface area contributed by atoms with E-state index in [4.69, 9.17) is 10.5 Å². The SMILES string of the molecule is CN1CN(c2ccc(C(N)=O)cc2)C2(CCN(C(=O)OC(C)(C)C)CC2)C1=O. The van der Waals surface area contributed by atoms with E-state index in [1.165, 1.54) is 0 Å². The molecular formula is C20H28N4O4. The molecule has 8 nitrogen and oxygen atoms in total. The van der Waals surface area contributed by atoms with Gasteiger partial charge in [-0.3, -0.25) is 9.59 Å². The number of ether oxygens (including phenoxy) is 1. The van der Waals surface area contributed by atoms with Gasteiger partial charge >= 0.3 is 6.09 Å². The summed E-state index contributed by atoms with van der Waals surface area (Å²) in [5.74, 6) is -0.433. The van der Waals surface area contributed by atoms with Crippen molar-refractivity contribution in [2.45, 2.75) is 44.8 Å². The Balaban J connectivity index is 1.80. The van der Waals surface area contributed by atoms with Crippen molar-refractivity contribution in [3.8, 4) is 0 Å². The van der Waals surface area contributed by atoms with Crippen LogP contribution in [0.3, 0.4) is 0 Å². The minimum Gasteiger partial charge on any atom is -0.444 e. The Labute approximate surface area is 165 Å². The number of hydrogen-bond acceptors (Lipinski definition) is 5. The van der Waals surface area contributed by atoms with Gasteiger partial charge in [0.2, 0.25) is 11.8 Å². The summed E-state index contributed by atoms with van der Waals surface area (Å²) in [6, 6.07) is 6.97. The molecule has 0 radical (unpaired) electrons. The summed E-state index contributed by atoms with van der Waals surface area (Å²) in [7, 11) is 1.78. The van der Waals surface area contributed by atoms with Gasteiger partial charge in [-0.05, 0) is 57.9 Å². The molecule has 2 fully saturated rings. The maximum atomic E-state index is 13.0. The van der Waals surface area contributed by atoms with Gasteiger partial charge in [-0.2, -0.15) is 0 Å². The number of nitrogens with zero attached hydrogens (tertiary/aromatic N) is 3. The van der Waals surface area contributed by atoms with Crippen LogP contribution in [0.25, 0.3) is 0 Å². The largest absolute Gasteiger partial charge is 0.444 e. The lowest BCUT2D eigenvalue weighted by Crippen LogP contribution is -2.57. The van der Waals surface area contributed by atoms with Crippen LogP contribution in [0.5, 0.6) is 0 Å². The molecular weight excluding hydrogens is 360 g/mol. The number of rotatable bonds is 2. The van der Waals surface area contributed by atoms with Crippen LogP contribution < -0.4 is 10.6 Å². The summed E-state index contributed by atoms with van der Waals surface area (Å²) >= 11 is 0. The maximum absolute atomic E-state index is 13.0. The van der Waals surface area contributed by atoms with Crippen molar-refractivity contribution in [2.24, 2.45) is 5.73 Å². The van der Waals surface area contributed by atoms with Crippen molar-refractivity contribution in [3.63, 3.8) is 0 Å². The van der Waals surface area contributed by atoms with Crippen LogP contribution in [-0.2, 0) is 9.53 Å². The van der Waals surface area contributed by atoms with Crippen LogP contribution in [-0.4, -0.2) is 65.7 Å². The van der Waals surface area contributed by atoms with Crippen molar-refractivity contribution < 1.29 is 19.1 Å². The van der Waals surface area contributed by atoms with Gasteiger partial charge in [0, 0.05) is 31.4 Å². The summed E-state index contributed by atoms with van der Waals surface area (Å²) in [5.41, 5.74) is 5.36. The molecule has 2 heterocycles. The zero-order valence-corrected chi connectivity index (χ0v) is 16.9. The zero-order chi connectivity index (χ0) is 20.7. The molecule has 1 aromatic carbocycles. The van der Waals surface area contributed by atoms with Crippen molar-refractivity contribution >= 4 is 23.6 Å². The second-order valence-electron chi connectivity index (χ2n) is 8.48. The Bertz CT molecular complexity index is 776. The molecule has 3 rings (SSSR count). The van der Waals surface area contributed by atoms with E-state index in [0.29, 0.717) is 38.2 Å². The number of piperidine rings is 1. The number of hydrogen-bond donors (Lipinski definition) is 1. The highest BCUT2D eigenvalue weighted by molar-refractivity contribution is 5.95. The van der Waals surface area contributed by atoms with E-state index in [9.17, 15) is 14.4 Å². The summed E-state index contributed by atoms with van der Waals surface area (Å²) in [4.78, 5) is 42.1. The van der Waals surface area contributed by atoms with Gasteiger partial charge in [-0.1, -0.05) is 0 Å². The topological polar surface area (TPSA) is 96.2 Å². The lowest BCUT2D eigenvalue weighted by Gasteiger charge is -2.43. The number of carbonyl (C=O) groups excluding carboxylic acids is 3. The standard InChI is InChI=1S/C20H28N4O4/c1-19(2,3)28-18(27)23-11-9-20(10-12-23)17(26)22(4)13-24(20)15-7-5-14(6-8-15)16(21)25/h5-8H,9-13H2,1-4H3,(H2,21,25). The number of anilines is 1. The number of benzene rings is 1. The van der Waals surface area contributed by atoms with Gasteiger partial charge in [0.1, 0.15) is 11.1 Å². The van der Waals surface area contributed by atoms with Crippen LogP contribution in [0.4, 0.5) is 10.5 Å². The Morgan fingerprint density at radius 2 is 1.68 bits per heavy atom. The third kappa shape index (κ3) is 3.63. The molecule has 2 aliphatic rings. The molecule has 152 valence electrons. The Kier molecular flexibility index (Phi) is 4.99. The van der Waals surface area contributed by atoms with E-state index in [-0.39, 0.29) is 12.0 Å². The molecule has 0 aliphatic carbocycles. The zero-order valence-electron chi connectivity index (χ0n) is 16.9. The average molecular weight is 388 g/mol. The average Bonchev–Trinajstić information content (AvgIpc) is 2.86. The fraction of sp³-hybridized carbons (Fsp3) is 0.550. The molecule has 2 aliphatic heterocycles. The van der Waals surface area contributed by atoms with Gasteiger partial charge in [-0.25, -0.2) is 4.79 Å². The van der Waals surface area contributed by atoms with Crippen LogP contribution in [0.1, 0.15) is 44.0 Å². The lowest BCUT2D eigenvalue weighted by molar-refractivity contribution is -0.132. The van der Waals surface area contributed by atoms with Crippen molar-refractivity contribution in [1.82, 2.24) is 9.80 Å². The molecule has 8 heteroatoms. The normalized spacial score (nSPS) is 19.3. The van der Waals surface area contributed by atoms with Crippen molar-refractivity contribution in [2.75, 3.05) is 31.7 Å². The monoisotopic (exact) mass is 388 g/mol. The van der Waals surface area contributed by atoms with Gasteiger partial charge in [0.05, 0.1) is 6.67 Å². The quantitative estimate of drug-likeness (QED) is 0.833. The number of carbonyl (C=O) groups is 3. The smallest absolute Gasteiger partial charge is 0.410 e. The third-order valence-corrected chi connectivity index (χ3v) is 5.32. The molecule has 3 amide bonds. The lowest BCUT2D eigenvalue weighted by atomic mass is 9.85. The molecule has 0 bridgehead atoms. The first kappa shape index (κ1) is 20.0. The van der Waals surface area contributed by atoms with E-state index >= 15 is 0 Å². The first-order valence-corrected chi connectivity index (χ1v) is 9.44. The summed E-state index contributed by atoms with van der Waals surface area (Å²) in [6.45, 7) is 6.87. The van der Waals surface area contributed by atoms with Gasteiger partial charge in [0.25, 0.3) is 0 Å². The van der Waals surface area contributed by atoms with E-state index in [1.54, 1.807) is 29.0 Å². The first-order chi connectivity index (χ1) is 13.0. The summed E-state index contributed by atoms with van der Waals surface area (Å²) < 4.78 is 5.46. The Morgan fingerprint density at radius 3 is 2.18 bits per heavy atom. The molecule has 0 unspecified atom stereocenters. The van der Waals surface area contributed by atoms with Crippen LogP contribution >= 0.6 is 0 Å². The van der Waals surface area contributed by atoms with E-state index in [1.807, 2.05) is 32.9 Å². The predicted octanol–water partition coefficient (Wildman–Crippen LogP) is 1.79. The highest BCUT2D eigenvalue weighted by Crippen LogP contribution is 2.39. The van der Waals surface area contributed by atoms with Gasteiger partial charge < -0.3 is 25.2 Å². The molecule has 1 spiro atoms. The molecule has 2 saturated heterocycles. The fourth-order valence-corrected chi connectivity index (χ4v) is 3.89. The predicted molar refractivity (Wildman–Crippen MR) is 105 cm³/mol. The van der Waals surface area contributed by atoms with E-state index < -0.39 is 17.0 Å². The van der Waals surface area contributed by atoms with Crippen LogP contribution in [0.15, 0.2) is 24.3 Å². The molecule has 0 aromatic heterocycles. The van der Waals surface area contributed by atoms with Gasteiger partial charge in [-0.15, -0.1) is 0 Å². The fourth-order valence-electron chi connectivity index (χ4n) is 3.89. The summed E-state index contributed by atoms with van der Waals surface area (Å²) in [5, 5.41) is 0. The van der Waals surface area contributed by atoms with Crippen molar-refractivity contribution in [3.05, 3.63) is 29.8 Å². The second-order valence-corrected chi connectivity index (χ2v) is 8.48. The molecule has 2 N–H and O–H groups in total. The number of likely N-dealkylation sites (N-methyl/N-ethyl adjacent to an activating group) is 1.